The maximum absolute atomic E-state index is 10.6. The van der Waals surface area contributed by atoms with Crippen molar-refractivity contribution in [2.24, 2.45) is 0 Å². The molecule has 25 heavy (non-hydrogen) atoms. The van der Waals surface area contributed by atoms with Crippen molar-refractivity contribution < 1.29 is 14.3 Å². The molecule has 0 radical (unpaired) electrons. The quantitative estimate of drug-likeness (QED) is 0.723. The number of aromatic nitrogens is 4. The van der Waals surface area contributed by atoms with Gasteiger partial charge in [-0.05, 0) is 24.0 Å². The fourth-order valence-corrected chi connectivity index (χ4v) is 2.93. The van der Waals surface area contributed by atoms with Gasteiger partial charge in [-0.1, -0.05) is 24.3 Å². The van der Waals surface area contributed by atoms with E-state index in [2.05, 4.69) is 49.7 Å². The topological polar surface area (TPSA) is 114 Å². The number of benzene rings is 1. The normalized spacial score (nSPS) is 13.6. The third-order valence-corrected chi connectivity index (χ3v) is 4.05. The van der Waals surface area contributed by atoms with Gasteiger partial charge >= 0.3 is 5.97 Å². The van der Waals surface area contributed by atoms with Crippen LogP contribution in [0.3, 0.4) is 0 Å². The number of fused-ring (bicyclic) bond motifs is 1. The van der Waals surface area contributed by atoms with Crippen LogP contribution in [0, 0.1) is 0 Å². The summed E-state index contributed by atoms with van der Waals surface area (Å²) in [4.78, 5) is 19.2. The molecule has 8 nitrogen and oxygen atoms in total. The highest BCUT2D eigenvalue weighted by Crippen LogP contribution is 2.24. The van der Waals surface area contributed by atoms with Crippen LogP contribution in [0.4, 0.5) is 5.95 Å². The van der Waals surface area contributed by atoms with E-state index in [9.17, 15) is 4.79 Å². The summed E-state index contributed by atoms with van der Waals surface area (Å²) in [6.07, 6.45) is 4.74. The van der Waals surface area contributed by atoms with Gasteiger partial charge in [-0.3, -0.25) is 4.79 Å². The number of rotatable bonds is 5. The summed E-state index contributed by atoms with van der Waals surface area (Å²) >= 11 is 0. The average Bonchev–Trinajstić information content (AvgIpc) is 3.21. The lowest BCUT2D eigenvalue weighted by atomic mass is 10.1. The number of carbonyl (C=O) groups is 1. The molecule has 0 fully saturated rings. The summed E-state index contributed by atoms with van der Waals surface area (Å²) in [5.41, 5.74) is 3.26. The number of nitrogens with one attached hydrogen (secondary N) is 1. The molecule has 2 heterocycles. The second-order valence-corrected chi connectivity index (χ2v) is 5.89. The molecular formula is C17H15N5O3. The predicted octanol–water partition coefficient (Wildman–Crippen LogP) is 1.73. The molecule has 2 N–H and O–H groups in total. The maximum Gasteiger partial charge on any atom is 0.312 e. The van der Waals surface area contributed by atoms with Crippen LogP contribution in [0.25, 0.3) is 11.5 Å². The number of hydrogen-bond acceptors (Lipinski definition) is 7. The van der Waals surface area contributed by atoms with E-state index in [-0.39, 0.29) is 24.2 Å². The van der Waals surface area contributed by atoms with E-state index < -0.39 is 5.97 Å². The first kappa shape index (κ1) is 15.3. The van der Waals surface area contributed by atoms with Gasteiger partial charge in [-0.2, -0.15) is 0 Å². The van der Waals surface area contributed by atoms with Crippen LogP contribution in [0.1, 0.15) is 17.0 Å². The molecule has 0 spiro atoms. The lowest BCUT2D eigenvalue weighted by molar-refractivity contribution is -0.136. The summed E-state index contributed by atoms with van der Waals surface area (Å²) in [5, 5.41) is 19.6. The van der Waals surface area contributed by atoms with Crippen molar-refractivity contribution >= 4 is 11.9 Å². The third kappa shape index (κ3) is 3.32. The van der Waals surface area contributed by atoms with Crippen molar-refractivity contribution in [3.63, 3.8) is 0 Å². The fourth-order valence-electron chi connectivity index (χ4n) is 2.93. The van der Waals surface area contributed by atoms with E-state index in [1.54, 1.807) is 12.4 Å². The highest BCUT2D eigenvalue weighted by Gasteiger charge is 2.21. The van der Waals surface area contributed by atoms with Crippen LogP contribution in [-0.2, 0) is 24.1 Å². The van der Waals surface area contributed by atoms with Gasteiger partial charge in [0, 0.05) is 18.4 Å². The zero-order chi connectivity index (χ0) is 17.2. The molecule has 8 heteroatoms. The van der Waals surface area contributed by atoms with Crippen LogP contribution in [-0.4, -0.2) is 37.3 Å². The van der Waals surface area contributed by atoms with Gasteiger partial charge in [0.2, 0.25) is 11.8 Å². The number of carboxylic acid groups (broad SMARTS) is 1. The molecule has 1 aromatic carbocycles. The molecule has 0 saturated heterocycles. The zero-order valence-corrected chi connectivity index (χ0v) is 13.2. The minimum atomic E-state index is -1.02. The van der Waals surface area contributed by atoms with Crippen LogP contribution in [0.5, 0.6) is 0 Å². The molecule has 4 rings (SSSR count). The van der Waals surface area contributed by atoms with Crippen molar-refractivity contribution in [2.45, 2.75) is 25.3 Å². The second-order valence-electron chi connectivity index (χ2n) is 5.89. The van der Waals surface area contributed by atoms with Crippen LogP contribution in [0.2, 0.25) is 0 Å². The van der Waals surface area contributed by atoms with E-state index >= 15 is 0 Å². The SMILES string of the molecule is O=C(O)Cc1nnc(-c2cnc(NC3Cc4ccccc4C3)nc2)o1. The molecule has 126 valence electrons. The predicted molar refractivity (Wildman–Crippen MR) is 87.9 cm³/mol. The summed E-state index contributed by atoms with van der Waals surface area (Å²) < 4.78 is 5.29. The van der Waals surface area contributed by atoms with Gasteiger partial charge in [-0.15, -0.1) is 10.2 Å². The lowest BCUT2D eigenvalue weighted by Crippen LogP contribution is -2.20. The number of hydrogen-bond donors (Lipinski definition) is 2. The minimum absolute atomic E-state index is 0.0495. The van der Waals surface area contributed by atoms with Gasteiger partial charge in [0.25, 0.3) is 5.89 Å². The molecule has 3 aromatic rings. The smallest absolute Gasteiger partial charge is 0.312 e. The lowest BCUT2D eigenvalue weighted by Gasteiger charge is -2.11. The fraction of sp³-hybridized carbons (Fsp3) is 0.235. The molecule has 0 unspecified atom stereocenters. The van der Waals surface area contributed by atoms with Crippen LogP contribution in [0.15, 0.2) is 41.1 Å². The first-order valence-corrected chi connectivity index (χ1v) is 7.87. The summed E-state index contributed by atoms with van der Waals surface area (Å²) in [6.45, 7) is 0. The second kappa shape index (κ2) is 6.31. The van der Waals surface area contributed by atoms with Crippen molar-refractivity contribution in [3.05, 3.63) is 53.7 Å². The van der Waals surface area contributed by atoms with Crippen molar-refractivity contribution in [1.82, 2.24) is 20.2 Å². The third-order valence-electron chi connectivity index (χ3n) is 4.05. The molecule has 1 aliphatic rings. The molecule has 2 aromatic heterocycles. The Morgan fingerprint density at radius 2 is 1.84 bits per heavy atom. The minimum Gasteiger partial charge on any atom is -0.481 e. The van der Waals surface area contributed by atoms with Crippen molar-refractivity contribution in [3.8, 4) is 11.5 Å². The van der Waals surface area contributed by atoms with Gasteiger partial charge in [0.15, 0.2) is 0 Å². The molecule has 0 aliphatic heterocycles. The number of nitrogens with zero attached hydrogens (tertiary/aromatic N) is 4. The number of anilines is 1. The highest BCUT2D eigenvalue weighted by molar-refractivity contribution is 5.68. The van der Waals surface area contributed by atoms with Crippen molar-refractivity contribution in [2.75, 3.05) is 5.32 Å². The van der Waals surface area contributed by atoms with E-state index in [1.165, 1.54) is 11.1 Å². The van der Waals surface area contributed by atoms with Gasteiger partial charge in [-0.25, -0.2) is 9.97 Å². The molecular weight excluding hydrogens is 322 g/mol. The zero-order valence-electron chi connectivity index (χ0n) is 13.2. The molecule has 0 bridgehead atoms. The van der Waals surface area contributed by atoms with E-state index in [0.717, 1.165) is 12.8 Å². The molecule has 1 aliphatic carbocycles. The summed E-state index contributed by atoms with van der Waals surface area (Å²) in [7, 11) is 0. The monoisotopic (exact) mass is 337 g/mol. The average molecular weight is 337 g/mol. The Hall–Kier alpha value is -3.29. The van der Waals surface area contributed by atoms with Gasteiger partial charge in [0.1, 0.15) is 6.42 Å². The molecule has 0 saturated carbocycles. The van der Waals surface area contributed by atoms with Gasteiger partial charge < -0.3 is 14.8 Å². The number of carboxylic acids is 1. The van der Waals surface area contributed by atoms with Gasteiger partial charge in [0.05, 0.1) is 5.56 Å². The summed E-state index contributed by atoms with van der Waals surface area (Å²) in [5.74, 6) is -0.236. The van der Waals surface area contributed by atoms with E-state index in [0.29, 0.717) is 11.5 Å². The maximum atomic E-state index is 10.6. The van der Waals surface area contributed by atoms with E-state index in [1.807, 2.05) is 0 Å². The Labute approximate surface area is 143 Å². The number of aliphatic carboxylic acids is 1. The molecule has 0 amide bonds. The van der Waals surface area contributed by atoms with Crippen LogP contribution >= 0.6 is 0 Å². The standard InChI is InChI=1S/C17H15N5O3/c23-15(24)7-14-21-22-16(25-14)12-8-18-17(19-9-12)20-13-5-10-3-1-2-4-11(10)6-13/h1-4,8-9,13H,5-7H2,(H,23,24)(H,18,19,20). The highest BCUT2D eigenvalue weighted by atomic mass is 16.4. The Balaban J connectivity index is 1.42. The summed E-state index contributed by atoms with van der Waals surface area (Å²) in [6, 6.07) is 8.66. The van der Waals surface area contributed by atoms with E-state index in [4.69, 9.17) is 9.52 Å². The van der Waals surface area contributed by atoms with Crippen molar-refractivity contribution in [1.29, 1.82) is 0 Å². The Kier molecular flexibility index (Phi) is 3.85. The Bertz CT molecular complexity index is 882. The largest absolute Gasteiger partial charge is 0.481 e. The first-order chi connectivity index (χ1) is 12.2. The first-order valence-electron chi connectivity index (χ1n) is 7.87. The molecule has 0 atom stereocenters. The van der Waals surface area contributed by atoms with Crippen LogP contribution < -0.4 is 5.32 Å². The Morgan fingerprint density at radius 1 is 1.16 bits per heavy atom. The Morgan fingerprint density at radius 3 is 2.48 bits per heavy atom.